The van der Waals surface area contributed by atoms with Crippen LogP contribution in [0.15, 0.2) is 57.9 Å². The lowest BCUT2D eigenvalue weighted by molar-refractivity contribution is -0.140. The minimum atomic E-state index is -3.99. The SMILES string of the molecule is CNC(=O)[C@@H](C)N(Cc1ccc(Br)cc1)C(=O)CCN1C(=O)c2ccccc2S1(=O)=O. The minimum Gasteiger partial charge on any atom is -0.357 e. The fourth-order valence-corrected chi connectivity index (χ4v) is 5.20. The monoisotopic (exact) mass is 507 g/mol. The number of halogens is 1. The number of hydrogen-bond donors (Lipinski definition) is 1. The van der Waals surface area contributed by atoms with Gasteiger partial charge in [-0.05, 0) is 36.8 Å². The van der Waals surface area contributed by atoms with Crippen LogP contribution in [-0.4, -0.2) is 55.0 Å². The number of fused-ring (bicyclic) bond motifs is 1. The summed E-state index contributed by atoms with van der Waals surface area (Å²) in [6.07, 6.45) is -0.239. The molecule has 2 aromatic carbocycles. The standard InChI is InChI=1S/C21H22BrN3O5S/c1-14(20(27)23-2)24(13-15-7-9-16(22)10-8-15)19(26)11-12-25-21(28)17-5-3-4-6-18(17)31(25,29)30/h3-10,14H,11-13H2,1-2H3,(H,23,27)/t14-/m1/s1. The first kappa shape index (κ1) is 23.0. The van der Waals surface area contributed by atoms with Crippen LogP contribution < -0.4 is 5.32 Å². The Hall–Kier alpha value is -2.72. The average molecular weight is 508 g/mol. The van der Waals surface area contributed by atoms with Crippen molar-refractivity contribution in [3.63, 3.8) is 0 Å². The summed E-state index contributed by atoms with van der Waals surface area (Å²) in [7, 11) is -2.51. The van der Waals surface area contributed by atoms with Crippen LogP contribution in [0.4, 0.5) is 0 Å². The average Bonchev–Trinajstić information content (AvgIpc) is 2.96. The van der Waals surface area contributed by atoms with Crippen LogP contribution in [-0.2, 0) is 26.2 Å². The highest BCUT2D eigenvalue weighted by Gasteiger charge is 2.41. The highest BCUT2D eigenvalue weighted by atomic mass is 79.9. The molecule has 0 bridgehead atoms. The van der Waals surface area contributed by atoms with Gasteiger partial charge in [0.1, 0.15) is 10.9 Å². The third-order valence-corrected chi connectivity index (χ3v) is 7.49. The summed E-state index contributed by atoms with van der Waals surface area (Å²) in [6, 6.07) is 12.5. The van der Waals surface area contributed by atoms with E-state index in [4.69, 9.17) is 0 Å². The van der Waals surface area contributed by atoms with Crippen molar-refractivity contribution in [1.29, 1.82) is 0 Å². The normalized spacial score (nSPS) is 15.3. The van der Waals surface area contributed by atoms with E-state index in [2.05, 4.69) is 21.2 Å². The maximum Gasteiger partial charge on any atom is 0.269 e. The Morgan fingerprint density at radius 2 is 1.77 bits per heavy atom. The Bertz CT molecular complexity index is 1120. The molecule has 0 unspecified atom stereocenters. The summed E-state index contributed by atoms with van der Waals surface area (Å²) in [4.78, 5) is 39.1. The molecule has 31 heavy (non-hydrogen) atoms. The number of carbonyl (C=O) groups is 3. The van der Waals surface area contributed by atoms with Gasteiger partial charge < -0.3 is 10.2 Å². The lowest BCUT2D eigenvalue weighted by Crippen LogP contribution is -2.47. The number of nitrogens with one attached hydrogen (secondary N) is 1. The van der Waals surface area contributed by atoms with Gasteiger partial charge in [-0.3, -0.25) is 14.4 Å². The van der Waals surface area contributed by atoms with E-state index in [9.17, 15) is 22.8 Å². The maximum absolute atomic E-state index is 13.0. The number of likely N-dealkylation sites (N-methyl/N-ethyl adjacent to an activating group) is 1. The van der Waals surface area contributed by atoms with Gasteiger partial charge >= 0.3 is 0 Å². The van der Waals surface area contributed by atoms with Gasteiger partial charge in [-0.1, -0.05) is 40.2 Å². The van der Waals surface area contributed by atoms with Gasteiger partial charge in [0.15, 0.2) is 0 Å². The number of nitrogens with zero attached hydrogens (tertiary/aromatic N) is 2. The van der Waals surface area contributed by atoms with Gasteiger partial charge in [-0.15, -0.1) is 0 Å². The molecule has 0 fully saturated rings. The predicted molar refractivity (Wildman–Crippen MR) is 118 cm³/mol. The van der Waals surface area contributed by atoms with Gasteiger partial charge in [0.2, 0.25) is 11.8 Å². The summed E-state index contributed by atoms with van der Waals surface area (Å²) in [5, 5.41) is 2.52. The molecule has 0 spiro atoms. The van der Waals surface area contributed by atoms with Gasteiger partial charge in [-0.2, -0.15) is 0 Å². The van der Waals surface area contributed by atoms with E-state index in [0.717, 1.165) is 14.3 Å². The van der Waals surface area contributed by atoms with Crippen LogP contribution in [0.3, 0.4) is 0 Å². The van der Waals surface area contributed by atoms with Crippen molar-refractivity contribution in [3.05, 3.63) is 64.1 Å². The van der Waals surface area contributed by atoms with Crippen molar-refractivity contribution in [3.8, 4) is 0 Å². The van der Waals surface area contributed by atoms with Crippen molar-refractivity contribution in [1.82, 2.24) is 14.5 Å². The number of hydrogen-bond acceptors (Lipinski definition) is 5. The van der Waals surface area contributed by atoms with E-state index in [1.807, 2.05) is 24.3 Å². The molecule has 1 aliphatic heterocycles. The Kier molecular flexibility index (Phi) is 6.80. The van der Waals surface area contributed by atoms with Gasteiger partial charge in [0.05, 0.1) is 5.56 Å². The van der Waals surface area contributed by atoms with Crippen molar-refractivity contribution in [2.24, 2.45) is 0 Å². The smallest absolute Gasteiger partial charge is 0.269 e. The molecule has 3 amide bonds. The Labute approximate surface area is 189 Å². The molecule has 164 valence electrons. The summed E-state index contributed by atoms with van der Waals surface area (Å²) < 4.78 is 27.0. The fraction of sp³-hybridized carbons (Fsp3) is 0.286. The first-order valence-corrected chi connectivity index (χ1v) is 11.8. The van der Waals surface area contributed by atoms with E-state index in [1.165, 1.54) is 24.1 Å². The molecule has 0 saturated heterocycles. The molecule has 0 radical (unpaired) electrons. The molecule has 2 aromatic rings. The van der Waals surface area contributed by atoms with Gasteiger partial charge in [-0.25, -0.2) is 12.7 Å². The third kappa shape index (κ3) is 4.64. The van der Waals surface area contributed by atoms with E-state index >= 15 is 0 Å². The second-order valence-electron chi connectivity index (χ2n) is 7.07. The van der Waals surface area contributed by atoms with Gasteiger partial charge in [0.25, 0.3) is 15.9 Å². The second kappa shape index (κ2) is 9.19. The van der Waals surface area contributed by atoms with Crippen LogP contribution in [0, 0.1) is 0 Å². The molecule has 0 saturated carbocycles. The van der Waals surface area contributed by atoms with Crippen molar-refractivity contribution in [2.45, 2.75) is 30.8 Å². The summed E-state index contributed by atoms with van der Waals surface area (Å²) in [5.74, 6) is -1.43. The Morgan fingerprint density at radius 1 is 1.13 bits per heavy atom. The minimum absolute atomic E-state index is 0.0575. The third-order valence-electron chi connectivity index (χ3n) is 5.12. The maximum atomic E-state index is 13.0. The molecular weight excluding hydrogens is 486 g/mol. The molecule has 1 atom stereocenters. The first-order chi connectivity index (χ1) is 14.7. The lowest BCUT2D eigenvalue weighted by Gasteiger charge is -2.29. The highest BCUT2D eigenvalue weighted by Crippen LogP contribution is 2.30. The lowest BCUT2D eigenvalue weighted by atomic mass is 10.1. The number of sulfonamides is 1. The van der Waals surface area contributed by atoms with Crippen LogP contribution in [0.5, 0.6) is 0 Å². The number of rotatable bonds is 7. The summed E-state index contributed by atoms with van der Waals surface area (Å²) in [6.45, 7) is 1.47. The van der Waals surface area contributed by atoms with E-state index in [-0.39, 0.29) is 35.9 Å². The Morgan fingerprint density at radius 3 is 2.39 bits per heavy atom. The summed E-state index contributed by atoms with van der Waals surface area (Å²) in [5.41, 5.74) is 0.907. The number of amides is 3. The van der Waals surface area contributed by atoms with E-state index < -0.39 is 27.9 Å². The van der Waals surface area contributed by atoms with Crippen molar-refractivity contribution in [2.75, 3.05) is 13.6 Å². The molecule has 0 aliphatic carbocycles. The molecule has 1 heterocycles. The topological polar surface area (TPSA) is 104 Å². The molecule has 10 heteroatoms. The molecule has 1 aliphatic rings. The zero-order valence-corrected chi connectivity index (χ0v) is 19.4. The Balaban J connectivity index is 1.78. The van der Waals surface area contributed by atoms with Crippen LogP contribution in [0.1, 0.15) is 29.3 Å². The van der Waals surface area contributed by atoms with E-state index in [1.54, 1.807) is 19.1 Å². The van der Waals surface area contributed by atoms with Crippen LogP contribution >= 0.6 is 15.9 Å². The quantitative estimate of drug-likeness (QED) is 0.618. The fourth-order valence-electron chi connectivity index (χ4n) is 3.37. The molecule has 0 aromatic heterocycles. The predicted octanol–water partition coefficient (Wildman–Crippen LogP) is 2.15. The first-order valence-electron chi connectivity index (χ1n) is 9.58. The molecule has 1 N–H and O–H groups in total. The van der Waals surface area contributed by atoms with Crippen molar-refractivity contribution < 1.29 is 22.8 Å². The largest absolute Gasteiger partial charge is 0.357 e. The second-order valence-corrected chi connectivity index (χ2v) is 9.81. The van der Waals surface area contributed by atoms with Crippen LogP contribution in [0.25, 0.3) is 0 Å². The van der Waals surface area contributed by atoms with E-state index in [0.29, 0.717) is 0 Å². The number of carbonyl (C=O) groups excluding carboxylic acids is 3. The summed E-state index contributed by atoms with van der Waals surface area (Å²) >= 11 is 3.36. The zero-order valence-electron chi connectivity index (χ0n) is 17.0. The number of benzene rings is 2. The molecule has 8 nitrogen and oxygen atoms in total. The zero-order chi connectivity index (χ0) is 22.8. The molecule has 3 rings (SSSR count). The van der Waals surface area contributed by atoms with Crippen LogP contribution in [0.2, 0.25) is 0 Å². The van der Waals surface area contributed by atoms with Crippen molar-refractivity contribution >= 4 is 43.7 Å². The highest BCUT2D eigenvalue weighted by molar-refractivity contribution is 9.10. The van der Waals surface area contributed by atoms with Gasteiger partial charge in [0, 0.05) is 31.0 Å². The molecular formula is C21H22BrN3O5S.